The van der Waals surface area contributed by atoms with Gasteiger partial charge in [-0.2, -0.15) is 0 Å². The molecule has 0 bridgehead atoms. The van der Waals surface area contributed by atoms with Crippen LogP contribution in [0.5, 0.6) is 0 Å². The molecule has 0 saturated carbocycles. The number of carbonyl (C=O) groups is 1. The molecule has 1 amide bonds. The van der Waals surface area contributed by atoms with Gasteiger partial charge in [0.15, 0.2) is 0 Å². The van der Waals surface area contributed by atoms with Crippen LogP contribution in [0.3, 0.4) is 0 Å². The Labute approximate surface area is 134 Å². The molecule has 1 atom stereocenters. The number of thiazole rings is 1. The van der Waals surface area contributed by atoms with Crippen LogP contribution < -0.4 is 0 Å². The zero-order valence-electron chi connectivity index (χ0n) is 13.1. The third kappa shape index (κ3) is 3.14. The van der Waals surface area contributed by atoms with Crippen LogP contribution in [0.1, 0.15) is 45.2 Å². The Bertz CT molecular complexity index is 715. The quantitative estimate of drug-likeness (QED) is 0.753. The minimum Gasteiger partial charge on any atom is -0.443 e. The maximum absolute atomic E-state index is 12.5. The Balaban J connectivity index is 1.89. The summed E-state index contributed by atoms with van der Waals surface area (Å²) in [7, 11) is 0. The third-order valence-corrected chi connectivity index (χ3v) is 4.34. The van der Waals surface area contributed by atoms with E-state index in [1.165, 1.54) is 0 Å². The van der Waals surface area contributed by atoms with Crippen molar-refractivity contribution < 1.29 is 9.53 Å². The van der Waals surface area contributed by atoms with Crippen molar-refractivity contribution in [2.45, 2.75) is 45.3 Å². The van der Waals surface area contributed by atoms with Gasteiger partial charge < -0.3 is 4.74 Å². The van der Waals surface area contributed by atoms with Crippen molar-refractivity contribution in [2.24, 2.45) is 0 Å². The molecule has 0 spiro atoms. The van der Waals surface area contributed by atoms with E-state index >= 15 is 0 Å². The van der Waals surface area contributed by atoms with Crippen molar-refractivity contribution in [3.8, 4) is 0 Å². The molecule has 1 aromatic carbocycles. The first-order chi connectivity index (χ1) is 10.4. The summed E-state index contributed by atoms with van der Waals surface area (Å²) in [6.07, 6.45) is 5.44. The van der Waals surface area contributed by atoms with Gasteiger partial charge in [-0.1, -0.05) is 12.1 Å². The monoisotopic (exact) mass is 316 g/mol. The summed E-state index contributed by atoms with van der Waals surface area (Å²) < 4.78 is 6.68. The molecule has 1 aliphatic heterocycles. The molecule has 0 fully saturated rings. The molecule has 22 heavy (non-hydrogen) atoms. The number of aromatic nitrogens is 1. The van der Waals surface area contributed by atoms with Gasteiger partial charge in [0.1, 0.15) is 5.60 Å². The smallest absolute Gasteiger partial charge is 0.414 e. The fourth-order valence-corrected chi connectivity index (χ4v) is 3.32. The van der Waals surface area contributed by atoms with Crippen LogP contribution in [-0.2, 0) is 4.74 Å². The van der Waals surface area contributed by atoms with E-state index in [9.17, 15) is 4.79 Å². The molecule has 4 nitrogen and oxygen atoms in total. The summed E-state index contributed by atoms with van der Waals surface area (Å²) in [5, 5.41) is 0. The summed E-state index contributed by atoms with van der Waals surface area (Å²) in [4.78, 5) is 18.5. The topological polar surface area (TPSA) is 42.4 Å². The number of benzene rings is 1. The number of fused-ring (bicyclic) bond motifs is 1. The summed E-state index contributed by atoms with van der Waals surface area (Å²) in [5.41, 5.74) is 3.49. The largest absolute Gasteiger partial charge is 0.443 e. The summed E-state index contributed by atoms with van der Waals surface area (Å²) in [6, 6.07) is 6.23. The van der Waals surface area contributed by atoms with Gasteiger partial charge in [0.05, 0.1) is 21.8 Å². The molecule has 116 valence electrons. The van der Waals surface area contributed by atoms with E-state index in [1.54, 1.807) is 16.2 Å². The minimum absolute atomic E-state index is 0.0198. The van der Waals surface area contributed by atoms with Gasteiger partial charge >= 0.3 is 6.09 Å². The number of hydrogen-bond donors (Lipinski definition) is 0. The minimum atomic E-state index is -0.492. The van der Waals surface area contributed by atoms with E-state index in [2.05, 4.69) is 17.1 Å². The van der Waals surface area contributed by atoms with Crippen LogP contribution >= 0.6 is 11.3 Å². The number of allylic oxidation sites excluding steroid dienone is 1. The van der Waals surface area contributed by atoms with Crippen LogP contribution in [-0.4, -0.2) is 21.6 Å². The van der Waals surface area contributed by atoms with Gasteiger partial charge in [-0.25, -0.2) is 9.78 Å². The molecule has 1 unspecified atom stereocenters. The zero-order chi connectivity index (χ0) is 15.7. The first kappa shape index (κ1) is 15.0. The van der Waals surface area contributed by atoms with E-state index in [0.717, 1.165) is 28.6 Å². The first-order valence-corrected chi connectivity index (χ1v) is 8.33. The Morgan fingerprint density at radius 1 is 1.41 bits per heavy atom. The number of ether oxygens (including phenoxy) is 1. The summed E-state index contributed by atoms with van der Waals surface area (Å²) >= 11 is 1.62. The number of rotatable bonds is 1. The van der Waals surface area contributed by atoms with Gasteiger partial charge in [-0.15, -0.1) is 11.3 Å². The number of amides is 1. The van der Waals surface area contributed by atoms with E-state index in [1.807, 2.05) is 44.6 Å². The second-order valence-electron chi connectivity index (χ2n) is 6.45. The molecule has 0 aliphatic carbocycles. The Morgan fingerprint density at radius 2 is 2.23 bits per heavy atom. The highest BCUT2D eigenvalue weighted by molar-refractivity contribution is 7.16. The summed E-state index contributed by atoms with van der Waals surface area (Å²) in [6.45, 7) is 5.66. The van der Waals surface area contributed by atoms with Crippen LogP contribution in [0.2, 0.25) is 0 Å². The molecular weight excluding hydrogens is 296 g/mol. The fraction of sp³-hybridized carbons (Fsp3) is 0.412. The molecule has 0 radical (unpaired) electrons. The highest BCUT2D eigenvalue weighted by atomic mass is 32.1. The highest BCUT2D eigenvalue weighted by Gasteiger charge is 2.29. The lowest BCUT2D eigenvalue weighted by Gasteiger charge is -2.33. The number of nitrogens with zero attached hydrogens (tertiary/aromatic N) is 2. The van der Waals surface area contributed by atoms with Crippen LogP contribution in [0.15, 0.2) is 36.0 Å². The predicted molar refractivity (Wildman–Crippen MR) is 88.8 cm³/mol. The van der Waals surface area contributed by atoms with Crippen molar-refractivity contribution in [2.75, 3.05) is 0 Å². The van der Waals surface area contributed by atoms with Crippen LogP contribution in [0.25, 0.3) is 10.2 Å². The second kappa shape index (κ2) is 5.72. The maximum atomic E-state index is 12.5. The van der Waals surface area contributed by atoms with Crippen molar-refractivity contribution in [3.63, 3.8) is 0 Å². The van der Waals surface area contributed by atoms with Crippen molar-refractivity contribution in [1.29, 1.82) is 0 Å². The van der Waals surface area contributed by atoms with Crippen molar-refractivity contribution in [1.82, 2.24) is 9.88 Å². The van der Waals surface area contributed by atoms with Crippen LogP contribution in [0, 0.1) is 0 Å². The molecule has 0 N–H and O–H groups in total. The van der Waals surface area contributed by atoms with E-state index in [0.29, 0.717) is 0 Å². The van der Waals surface area contributed by atoms with Gasteiger partial charge in [0, 0.05) is 6.20 Å². The Hall–Kier alpha value is -1.88. The van der Waals surface area contributed by atoms with E-state index < -0.39 is 5.60 Å². The van der Waals surface area contributed by atoms with Crippen molar-refractivity contribution in [3.05, 3.63) is 41.5 Å². The lowest BCUT2D eigenvalue weighted by Crippen LogP contribution is -2.37. The Kier molecular flexibility index (Phi) is 3.91. The SMILES string of the molecule is CC(C)(C)OC(=O)N1C=CCCC1c1ccc2ncsc2c1. The molecule has 1 aliphatic rings. The normalized spacial score (nSPS) is 18.7. The lowest BCUT2D eigenvalue weighted by atomic mass is 9.98. The standard InChI is InChI=1S/C17H20N2O2S/c1-17(2,3)21-16(20)19-9-5-4-6-14(19)12-7-8-13-15(10-12)22-11-18-13/h5,7-11,14H,4,6H2,1-3H3. The molecule has 1 aromatic heterocycles. The lowest BCUT2D eigenvalue weighted by molar-refractivity contribution is 0.0248. The third-order valence-electron chi connectivity index (χ3n) is 3.55. The molecule has 2 heterocycles. The molecular formula is C17H20N2O2S. The van der Waals surface area contributed by atoms with Gasteiger partial charge in [-0.05, 0) is 51.3 Å². The number of carbonyl (C=O) groups excluding carboxylic acids is 1. The van der Waals surface area contributed by atoms with Gasteiger partial charge in [0.25, 0.3) is 0 Å². The molecule has 3 rings (SSSR count). The number of hydrogen-bond acceptors (Lipinski definition) is 4. The summed E-state index contributed by atoms with van der Waals surface area (Å²) in [5.74, 6) is 0. The fourth-order valence-electron chi connectivity index (χ4n) is 2.59. The second-order valence-corrected chi connectivity index (χ2v) is 7.33. The zero-order valence-corrected chi connectivity index (χ0v) is 13.9. The molecule has 5 heteroatoms. The van der Waals surface area contributed by atoms with Crippen LogP contribution in [0.4, 0.5) is 4.79 Å². The van der Waals surface area contributed by atoms with Gasteiger partial charge in [-0.3, -0.25) is 4.90 Å². The van der Waals surface area contributed by atoms with Crippen molar-refractivity contribution >= 4 is 27.6 Å². The van der Waals surface area contributed by atoms with Gasteiger partial charge in [0.2, 0.25) is 0 Å². The average molecular weight is 316 g/mol. The van der Waals surface area contributed by atoms with E-state index in [-0.39, 0.29) is 12.1 Å². The maximum Gasteiger partial charge on any atom is 0.414 e. The molecule has 2 aromatic rings. The molecule has 0 saturated heterocycles. The average Bonchev–Trinajstić information content (AvgIpc) is 2.92. The highest BCUT2D eigenvalue weighted by Crippen LogP contribution is 2.33. The Morgan fingerprint density at radius 3 is 3.00 bits per heavy atom. The first-order valence-electron chi connectivity index (χ1n) is 7.45. The van der Waals surface area contributed by atoms with E-state index in [4.69, 9.17) is 4.74 Å². The predicted octanol–water partition coefficient (Wildman–Crippen LogP) is 4.88.